The fourth-order valence-electron chi connectivity index (χ4n) is 1.29. The minimum atomic E-state index is 0.955. The highest BCUT2D eigenvalue weighted by atomic mass is 14.7. The van der Waals surface area contributed by atoms with E-state index in [1.54, 1.807) is 0 Å². The van der Waals surface area contributed by atoms with Crippen LogP contribution in [0.15, 0.2) is 29.3 Å². The lowest BCUT2D eigenvalue weighted by Gasteiger charge is -2.01. The highest BCUT2D eigenvalue weighted by Crippen LogP contribution is 2.05. The van der Waals surface area contributed by atoms with E-state index >= 15 is 0 Å². The van der Waals surface area contributed by atoms with Gasteiger partial charge >= 0.3 is 0 Å². The lowest BCUT2D eigenvalue weighted by atomic mass is 10.1. The summed E-state index contributed by atoms with van der Waals surface area (Å²) in [4.78, 5) is 4.53. The Labute approximate surface area is 86.9 Å². The van der Waals surface area contributed by atoms with Crippen molar-refractivity contribution in [3.8, 4) is 0 Å². The average Bonchev–Trinajstić information content (AvgIpc) is 2.19. The van der Waals surface area contributed by atoms with Crippen LogP contribution in [-0.2, 0) is 0 Å². The Balaban J connectivity index is 2.64. The van der Waals surface area contributed by atoms with Gasteiger partial charge in [0.2, 0.25) is 0 Å². The van der Waals surface area contributed by atoms with Gasteiger partial charge in [0.05, 0.1) is 0 Å². The molecule has 0 aromatic heterocycles. The molecule has 0 aliphatic carbocycles. The Morgan fingerprint density at radius 1 is 1.21 bits per heavy atom. The zero-order valence-corrected chi connectivity index (χ0v) is 9.38. The number of aliphatic imine (C=N–C) groups is 1. The van der Waals surface area contributed by atoms with E-state index in [1.807, 2.05) is 0 Å². The molecule has 1 aromatic carbocycles. The second-order valence-corrected chi connectivity index (χ2v) is 3.69. The first-order valence-corrected chi connectivity index (χ1v) is 5.32. The summed E-state index contributed by atoms with van der Waals surface area (Å²) in [7, 11) is 0. The molecule has 0 radical (unpaired) electrons. The number of benzene rings is 1. The average molecular weight is 189 g/mol. The van der Waals surface area contributed by atoms with Crippen LogP contribution in [0.1, 0.15) is 37.8 Å². The van der Waals surface area contributed by atoms with Crippen molar-refractivity contribution in [2.75, 3.05) is 6.54 Å². The molecule has 0 unspecified atom stereocenters. The predicted molar refractivity (Wildman–Crippen MR) is 63.2 cm³/mol. The second-order valence-electron chi connectivity index (χ2n) is 3.69. The van der Waals surface area contributed by atoms with Crippen molar-refractivity contribution in [3.05, 3.63) is 35.4 Å². The zero-order valence-electron chi connectivity index (χ0n) is 9.38. The molecule has 0 aliphatic rings. The van der Waals surface area contributed by atoms with E-state index < -0.39 is 0 Å². The normalized spacial score (nSPS) is 11.8. The van der Waals surface area contributed by atoms with Gasteiger partial charge in [0.1, 0.15) is 0 Å². The smallest absolute Gasteiger partial charge is 0.0392 e. The van der Waals surface area contributed by atoms with E-state index in [0.717, 1.165) is 12.3 Å². The molecule has 0 amide bonds. The van der Waals surface area contributed by atoms with E-state index in [2.05, 4.69) is 50.0 Å². The molecule has 0 heterocycles. The third-order valence-electron chi connectivity index (χ3n) is 2.33. The Hall–Kier alpha value is -1.11. The Morgan fingerprint density at radius 3 is 2.43 bits per heavy atom. The maximum atomic E-state index is 4.53. The summed E-state index contributed by atoms with van der Waals surface area (Å²) < 4.78 is 0. The number of nitrogens with zero attached hydrogens (tertiary/aromatic N) is 1. The van der Waals surface area contributed by atoms with Gasteiger partial charge in [-0.1, -0.05) is 43.2 Å². The number of aryl methyl sites for hydroxylation is 1. The van der Waals surface area contributed by atoms with Gasteiger partial charge in [0, 0.05) is 12.3 Å². The highest BCUT2D eigenvalue weighted by molar-refractivity contribution is 5.98. The van der Waals surface area contributed by atoms with Crippen LogP contribution in [0, 0.1) is 6.92 Å². The van der Waals surface area contributed by atoms with Crippen molar-refractivity contribution >= 4 is 5.71 Å². The van der Waals surface area contributed by atoms with E-state index in [-0.39, 0.29) is 0 Å². The third-order valence-corrected chi connectivity index (χ3v) is 2.33. The molecular weight excluding hydrogens is 170 g/mol. The van der Waals surface area contributed by atoms with Crippen molar-refractivity contribution in [2.24, 2.45) is 4.99 Å². The van der Waals surface area contributed by atoms with Gasteiger partial charge in [-0.25, -0.2) is 0 Å². The number of hydrogen-bond donors (Lipinski definition) is 0. The molecule has 1 nitrogen and oxygen atoms in total. The molecule has 0 saturated heterocycles. The standard InChI is InChI=1S/C13H19N/c1-4-5-10-14-12(3)13-8-6-11(2)7-9-13/h6-9H,4-5,10H2,1-3H3. The summed E-state index contributed by atoms with van der Waals surface area (Å²) in [6.07, 6.45) is 2.40. The molecule has 1 aromatic rings. The summed E-state index contributed by atoms with van der Waals surface area (Å²) >= 11 is 0. The first kappa shape index (κ1) is 11.0. The van der Waals surface area contributed by atoms with Crippen LogP contribution in [-0.4, -0.2) is 12.3 Å². The molecule has 0 aliphatic heterocycles. The Kier molecular flexibility index (Phi) is 4.37. The fraction of sp³-hybridized carbons (Fsp3) is 0.462. The SMILES string of the molecule is CCCCN=C(C)c1ccc(C)cc1. The fourth-order valence-corrected chi connectivity index (χ4v) is 1.29. The topological polar surface area (TPSA) is 12.4 Å². The van der Waals surface area contributed by atoms with E-state index in [4.69, 9.17) is 0 Å². The second kappa shape index (κ2) is 5.58. The van der Waals surface area contributed by atoms with Crippen LogP contribution in [0.4, 0.5) is 0 Å². The van der Waals surface area contributed by atoms with E-state index in [1.165, 1.54) is 24.0 Å². The molecule has 0 atom stereocenters. The predicted octanol–water partition coefficient (Wildman–Crippen LogP) is 3.60. The lowest BCUT2D eigenvalue weighted by Crippen LogP contribution is -1.96. The first-order valence-electron chi connectivity index (χ1n) is 5.32. The quantitative estimate of drug-likeness (QED) is 0.507. The Morgan fingerprint density at radius 2 is 1.86 bits per heavy atom. The van der Waals surface area contributed by atoms with Gasteiger partial charge in [-0.2, -0.15) is 0 Å². The number of unbranched alkanes of at least 4 members (excludes halogenated alkanes) is 1. The Bertz CT molecular complexity index is 296. The van der Waals surface area contributed by atoms with Crippen LogP contribution >= 0.6 is 0 Å². The summed E-state index contributed by atoms with van der Waals surface area (Å²) in [5, 5.41) is 0. The van der Waals surface area contributed by atoms with Gasteiger partial charge in [0.25, 0.3) is 0 Å². The summed E-state index contributed by atoms with van der Waals surface area (Å²) in [5.74, 6) is 0. The number of hydrogen-bond acceptors (Lipinski definition) is 1. The largest absolute Gasteiger partial charge is 0.289 e. The molecular formula is C13H19N. The van der Waals surface area contributed by atoms with Gasteiger partial charge in [-0.05, 0) is 25.8 Å². The van der Waals surface area contributed by atoms with Crippen LogP contribution in [0.25, 0.3) is 0 Å². The van der Waals surface area contributed by atoms with Crippen LogP contribution in [0.5, 0.6) is 0 Å². The van der Waals surface area contributed by atoms with Crippen molar-refractivity contribution in [2.45, 2.75) is 33.6 Å². The van der Waals surface area contributed by atoms with Crippen molar-refractivity contribution in [3.63, 3.8) is 0 Å². The molecule has 0 N–H and O–H groups in total. The molecule has 0 spiro atoms. The monoisotopic (exact) mass is 189 g/mol. The minimum Gasteiger partial charge on any atom is -0.289 e. The van der Waals surface area contributed by atoms with E-state index in [0.29, 0.717) is 0 Å². The molecule has 76 valence electrons. The third kappa shape index (κ3) is 3.33. The van der Waals surface area contributed by atoms with Gasteiger partial charge in [-0.3, -0.25) is 4.99 Å². The van der Waals surface area contributed by atoms with Crippen molar-refractivity contribution in [1.82, 2.24) is 0 Å². The summed E-state index contributed by atoms with van der Waals surface area (Å²) in [6.45, 7) is 7.33. The highest BCUT2D eigenvalue weighted by Gasteiger charge is 1.95. The maximum absolute atomic E-state index is 4.53. The zero-order chi connectivity index (χ0) is 10.4. The molecule has 14 heavy (non-hydrogen) atoms. The van der Waals surface area contributed by atoms with Crippen molar-refractivity contribution in [1.29, 1.82) is 0 Å². The molecule has 1 rings (SSSR count). The molecule has 0 saturated carbocycles. The first-order chi connectivity index (χ1) is 6.74. The maximum Gasteiger partial charge on any atom is 0.0392 e. The van der Waals surface area contributed by atoms with Gasteiger partial charge in [-0.15, -0.1) is 0 Å². The molecule has 0 fully saturated rings. The summed E-state index contributed by atoms with van der Waals surface area (Å²) in [6, 6.07) is 8.54. The molecule has 1 heteroatoms. The lowest BCUT2D eigenvalue weighted by molar-refractivity contribution is 0.808. The minimum absolute atomic E-state index is 0.955. The van der Waals surface area contributed by atoms with E-state index in [9.17, 15) is 0 Å². The van der Waals surface area contributed by atoms with Gasteiger partial charge in [0.15, 0.2) is 0 Å². The van der Waals surface area contributed by atoms with Crippen LogP contribution in [0.3, 0.4) is 0 Å². The van der Waals surface area contributed by atoms with Gasteiger partial charge < -0.3 is 0 Å². The van der Waals surface area contributed by atoms with Crippen LogP contribution in [0.2, 0.25) is 0 Å². The van der Waals surface area contributed by atoms with Crippen molar-refractivity contribution < 1.29 is 0 Å². The summed E-state index contributed by atoms with van der Waals surface area (Å²) in [5.41, 5.74) is 3.69. The number of rotatable bonds is 4. The van der Waals surface area contributed by atoms with Crippen LogP contribution < -0.4 is 0 Å². The molecule has 0 bridgehead atoms.